The van der Waals surface area contributed by atoms with Crippen LogP contribution in [0.3, 0.4) is 0 Å². The highest BCUT2D eigenvalue weighted by atomic mass is 79.9. The summed E-state index contributed by atoms with van der Waals surface area (Å²) in [6, 6.07) is 2.05. The van der Waals surface area contributed by atoms with Gasteiger partial charge in [0.25, 0.3) is 0 Å². The third kappa shape index (κ3) is 4.32. The standard InChI is InChI=1S/C13H16BrN5OS/c1-21-13-16-7-10(14)12(18-13)17-9-3-2-6-19(8-9)11(20)4-5-15/h7,9H,2-4,6,8H2,1H3,(H,16,17,18). The molecule has 1 fully saturated rings. The molecule has 2 heterocycles. The molecule has 21 heavy (non-hydrogen) atoms. The monoisotopic (exact) mass is 369 g/mol. The van der Waals surface area contributed by atoms with Gasteiger partial charge in [0.05, 0.1) is 10.5 Å². The lowest BCUT2D eigenvalue weighted by molar-refractivity contribution is -0.131. The number of carbonyl (C=O) groups excluding carboxylic acids is 1. The largest absolute Gasteiger partial charge is 0.364 e. The van der Waals surface area contributed by atoms with Crippen molar-refractivity contribution < 1.29 is 4.79 Å². The highest BCUT2D eigenvalue weighted by Crippen LogP contribution is 2.24. The predicted octanol–water partition coefficient (Wildman–Crippen LogP) is 2.28. The van der Waals surface area contributed by atoms with Gasteiger partial charge >= 0.3 is 0 Å². The van der Waals surface area contributed by atoms with E-state index in [1.165, 1.54) is 11.8 Å². The first-order valence-electron chi connectivity index (χ1n) is 6.62. The van der Waals surface area contributed by atoms with Crippen LogP contribution < -0.4 is 5.32 Å². The van der Waals surface area contributed by atoms with Gasteiger partial charge in [0, 0.05) is 25.3 Å². The molecule has 1 atom stereocenters. The fraction of sp³-hybridized carbons (Fsp3) is 0.538. The van der Waals surface area contributed by atoms with Gasteiger partial charge in [0.2, 0.25) is 5.91 Å². The van der Waals surface area contributed by atoms with Crippen LogP contribution in [0.25, 0.3) is 0 Å². The quantitative estimate of drug-likeness (QED) is 0.647. The molecule has 2 rings (SSSR count). The van der Waals surface area contributed by atoms with E-state index < -0.39 is 0 Å². The summed E-state index contributed by atoms with van der Waals surface area (Å²) in [4.78, 5) is 22.2. The second-order valence-corrected chi connectivity index (χ2v) is 6.34. The van der Waals surface area contributed by atoms with Crippen molar-refractivity contribution in [2.45, 2.75) is 30.5 Å². The van der Waals surface area contributed by atoms with Crippen LogP contribution in [0.15, 0.2) is 15.8 Å². The van der Waals surface area contributed by atoms with Crippen molar-refractivity contribution in [2.75, 3.05) is 24.7 Å². The van der Waals surface area contributed by atoms with Crippen LogP contribution in [-0.2, 0) is 4.79 Å². The second kappa shape index (κ2) is 7.61. The summed E-state index contributed by atoms with van der Waals surface area (Å²) in [5.41, 5.74) is 0. The van der Waals surface area contributed by atoms with E-state index in [1.54, 1.807) is 11.1 Å². The average molecular weight is 370 g/mol. The molecule has 1 aromatic heterocycles. The summed E-state index contributed by atoms with van der Waals surface area (Å²) in [6.07, 6.45) is 5.49. The first-order valence-corrected chi connectivity index (χ1v) is 8.63. The minimum atomic E-state index is -0.101. The summed E-state index contributed by atoms with van der Waals surface area (Å²) >= 11 is 4.92. The molecule has 0 saturated carbocycles. The summed E-state index contributed by atoms with van der Waals surface area (Å²) in [6.45, 7) is 1.32. The summed E-state index contributed by atoms with van der Waals surface area (Å²) in [5, 5.41) is 12.7. The van der Waals surface area contributed by atoms with Crippen molar-refractivity contribution >= 4 is 39.4 Å². The highest BCUT2D eigenvalue weighted by molar-refractivity contribution is 9.10. The molecular weight excluding hydrogens is 354 g/mol. The van der Waals surface area contributed by atoms with Gasteiger partial charge in [0.15, 0.2) is 5.16 Å². The zero-order valence-corrected chi connectivity index (χ0v) is 14.1. The molecule has 1 aliphatic heterocycles. The molecule has 1 aliphatic rings. The number of nitriles is 1. The number of halogens is 1. The number of nitrogens with zero attached hydrogens (tertiary/aromatic N) is 4. The Kier molecular flexibility index (Phi) is 5.82. The first kappa shape index (κ1) is 16.0. The van der Waals surface area contributed by atoms with Crippen LogP contribution in [0.2, 0.25) is 0 Å². The third-order valence-corrected chi connectivity index (χ3v) is 4.39. The fourth-order valence-corrected chi connectivity index (χ4v) is 2.89. The molecular formula is C13H16BrN5OS. The fourth-order valence-electron chi connectivity index (χ4n) is 2.24. The predicted molar refractivity (Wildman–Crippen MR) is 85.0 cm³/mol. The molecule has 0 radical (unpaired) electrons. The minimum absolute atomic E-state index is 0.0550. The number of anilines is 1. The SMILES string of the molecule is CSc1ncc(Br)c(NC2CCCN(C(=O)CC#N)C2)n1. The molecule has 0 aromatic carbocycles. The average Bonchev–Trinajstić information content (AvgIpc) is 2.50. The molecule has 0 aliphatic carbocycles. The lowest BCUT2D eigenvalue weighted by atomic mass is 10.1. The minimum Gasteiger partial charge on any atom is -0.364 e. The van der Waals surface area contributed by atoms with Crippen molar-refractivity contribution in [1.29, 1.82) is 5.26 Å². The molecule has 112 valence electrons. The summed E-state index contributed by atoms with van der Waals surface area (Å²) in [7, 11) is 0. The van der Waals surface area contributed by atoms with Gasteiger partial charge in [-0.3, -0.25) is 4.79 Å². The van der Waals surface area contributed by atoms with Crippen molar-refractivity contribution in [2.24, 2.45) is 0 Å². The normalized spacial score (nSPS) is 18.1. The van der Waals surface area contributed by atoms with Gasteiger partial charge < -0.3 is 10.2 Å². The van der Waals surface area contributed by atoms with E-state index in [0.717, 1.165) is 29.7 Å². The molecule has 1 amide bonds. The second-order valence-electron chi connectivity index (χ2n) is 4.71. The van der Waals surface area contributed by atoms with Gasteiger partial charge in [-0.15, -0.1) is 0 Å². The Labute approximate surface area is 136 Å². The Balaban J connectivity index is 2.03. The van der Waals surface area contributed by atoms with E-state index in [9.17, 15) is 4.79 Å². The maximum atomic E-state index is 11.8. The molecule has 8 heteroatoms. The number of hydrogen-bond donors (Lipinski definition) is 1. The first-order chi connectivity index (χ1) is 10.1. The smallest absolute Gasteiger partial charge is 0.236 e. The zero-order chi connectivity index (χ0) is 15.2. The van der Waals surface area contributed by atoms with E-state index in [2.05, 4.69) is 31.2 Å². The number of thioether (sulfide) groups is 1. The lowest BCUT2D eigenvalue weighted by Crippen LogP contribution is -2.45. The van der Waals surface area contributed by atoms with Gasteiger partial charge in [-0.2, -0.15) is 5.26 Å². The van der Waals surface area contributed by atoms with Gasteiger partial charge in [-0.1, -0.05) is 11.8 Å². The number of amides is 1. The molecule has 0 bridgehead atoms. The number of aromatic nitrogens is 2. The third-order valence-electron chi connectivity index (χ3n) is 3.25. The molecule has 1 N–H and O–H groups in total. The van der Waals surface area contributed by atoms with E-state index in [0.29, 0.717) is 11.7 Å². The molecule has 0 spiro atoms. The Morgan fingerprint density at radius 2 is 2.52 bits per heavy atom. The lowest BCUT2D eigenvalue weighted by Gasteiger charge is -2.33. The maximum Gasteiger partial charge on any atom is 0.236 e. The molecule has 1 unspecified atom stereocenters. The van der Waals surface area contributed by atoms with E-state index in [4.69, 9.17) is 5.26 Å². The van der Waals surface area contributed by atoms with Gasteiger partial charge in [-0.25, -0.2) is 9.97 Å². The van der Waals surface area contributed by atoms with Crippen LogP contribution in [0, 0.1) is 11.3 Å². The van der Waals surface area contributed by atoms with Crippen LogP contribution in [0.1, 0.15) is 19.3 Å². The summed E-state index contributed by atoms with van der Waals surface area (Å²) in [5.74, 6) is 0.643. The topological polar surface area (TPSA) is 81.9 Å². The summed E-state index contributed by atoms with van der Waals surface area (Å²) < 4.78 is 0.806. The Morgan fingerprint density at radius 3 is 3.24 bits per heavy atom. The van der Waals surface area contributed by atoms with Crippen molar-refractivity contribution in [3.63, 3.8) is 0 Å². The van der Waals surface area contributed by atoms with E-state index >= 15 is 0 Å². The van der Waals surface area contributed by atoms with E-state index in [1.807, 2.05) is 12.3 Å². The Hall–Kier alpha value is -1.33. The van der Waals surface area contributed by atoms with E-state index in [-0.39, 0.29) is 18.4 Å². The Bertz CT molecular complexity index is 562. The number of piperidine rings is 1. The zero-order valence-electron chi connectivity index (χ0n) is 11.7. The van der Waals surface area contributed by atoms with Gasteiger partial charge in [-0.05, 0) is 35.0 Å². The number of carbonyl (C=O) groups is 1. The maximum absolute atomic E-state index is 11.8. The Morgan fingerprint density at radius 1 is 1.71 bits per heavy atom. The van der Waals surface area contributed by atoms with Crippen LogP contribution >= 0.6 is 27.7 Å². The van der Waals surface area contributed by atoms with Crippen molar-refractivity contribution in [3.8, 4) is 6.07 Å². The number of likely N-dealkylation sites (tertiary alicyclic amines) is 1. The van der Waals surface area contributed by atoms with Crippen molar-refractivity contribution in [3.05, 3.63) is 10.7 Å². The molecule has 6 nitrogen and oxygen atoms in total. The molecule has 1 aromatic rings. The van der Waals surface area contributed by atoms with Crippen molar-refractivity contribution in [1.82, 2.24) is 14.9 Å². The van der Waals surface area contributed by atoms with Crippen LogP contribution in [0.5, 0.6) is 0 Å². The number of rotatable bonds is 4. The van der Waals surface area contributed by atoms with Crippen LogP contribution in [-0.4, -0.2) is 46.2 Å². The molecule has 1 saturated heterocycles. The van der Waals surface area contributed by atoms with Crippen LogP contribution in [0.4, 0.5) is 5.82 Å². The number of nitrogens with one attached hydrogen (secondary N) is 1. The highest BCUT2D eigenvalue weighted by Gasteiger charge is 2.24. The number of hydrogen-bond acceptors (Lipinski definition) is 6. The van der Waals surface area contributed by atoms with Gasteiger partial charge in [0.1, 0.15) is 12.2 Å².